The van der Waals surface area contributed by atoms with E-state index in [1.165, 1.54) is 11.6 Å². The van der Waals surface area contributed by atoms with Crippen LogP contribution in [0.5, 0.6) is 0 Å². The second-order valence-corrected chi connectivity index (χ2v) is 3.89. The van der Waals surface area contributed by atoms with Gasteiger partial charge in [-0.15, -0.1) is 0 Å². The predicted molar refractivity (Wildman–Crippen MR) is 59.1 cm³/mol. The van der Waals surface area contributed by atoms with Gasteiger partial charge in [0, 0.05) is 5.69 Å². The number of anilines is 1. The van der Waals surface area contributed by atoms with Crippen LogP contribution in [0.3, 0.4) is 0 Å². The van der Waals surface area contributed by atoms with E-state index in [-0.39, 0.29) is 5.82 Å². The van der Waals surface area contributed by atoms with Gasteiger partial charge < -0.3 is 5.73 Å². The smallest absolute Gasteiger partial charge is 0.123 e. The van der Waals surface area contributed by atoms with Crippen LogP contribution in [0.25, 0.3) is 11.1 Å². The fourth-order valence-electron chi connectivity index (χ4n) is 2.18. The lowest BCUT2D eigenvalue weighted by Gasteiger charge is -2.01. The van der Waals surface area contributed by atoms with Crippen LogP contribution >= 0.6 is 0 Å². The summed E-state index contributed by atoms with van der Waals surface area (Å²) >= 11 is 0. The summed E-state index contributed by atoms with van der Waals surface area (Å²) in [6.45, 7) is 0. The van der Waals surface area contributed by atoms with E-state index in [0.29, 0.717) is 0 Å². The summed E-state index contributed by atoms with van der Waals surface area (Å²) in [5.74, 6) is -0.172. The standard InChI is InChI=1S/C13H10FN/c14-10-2-4-12-9(6-10)5-8-1-3-11(15)7-13(8)12/h1-4,6-7H,5,15H2. The molecule has 0 aliphatic heterocycles. The number of halogens is 1. The third-order valence-electron chi connectivity index (χ3n) is 2.87. The molecule has 0 bridgehead atoms. The van der Waals surface area contributed by atoms with E-state index in [1.807, 2.05) is 24.3 Å². The molecule has 0 heterocycles. The molecule has 1 aliphatic rings. The quantitative estimate of drug-likeness (QED) is 0.553. The Morgan fingerprint density at radius 1 is 0.933 bits per heavy atom. The monoisotopic (exact) mass is 199 g/mol. The highest BCUT2D eigenvalue weighted by Crippen LogP contribution is 2.37. The minimum absolute atomic E-state index is 0.172. The summed E-state index contributed by atoms with van der Waals surface area (Å²) in [5, 5.41) is 0. The van der Waals surface area contributed by atoms with Crippen molar-refractivity contribution in [1.29, 1.82) is 0 Å². The van der Waals surface area contributed by atoms with E-state index >= 15 is 0 Å². The van der Waals surface area contributed by atoms with Gasteiger partial charge >= 0.3 is 0 Å². The molecule has 1 aliphatic carbocycles. The van der Waals surface area contributed by atoms with Crippen molar-refractivity contribution >= 4 is 5.69 Å². The molecule has 0 fully saturated rings. The highest BCUT2D eigenvalue weighted by Gasteiger charge is 2.18. The van der Waals surface area contributed by atoms with E-state index in [0.717, 1.165) is 28.8 Å². The van der Waals surface area contributed by atoms with Crippen molar-refractivity contribution in [2.75, 3.05) is 5.73 Å². The summed E-state index contributed by atoms with van der Waals surface area (Å²) in [7, 11) is 0. The van der Waals surface area contributed by atoms with Gasteiger partial charge in [-0.05, 0) is 52.9 Å². The molecule has 2 aromatic rings. The number of nitrogens with two attached hydrogens (primary N) is 1. The minimum Gasteiger partial charge on any atom is -0.399 e. The van der Waals surface area contributed by atoms with E-state index in [1.54, 1.807) is 6.07 Å². The minimum atomic E-state index is -0.172. The molecule has 2 heteroatoms. The van der Waals surface area contributed by atoms with E-state index in [2.05, 4.69) is 0 Å². The Bertz CT molecular complexity index is 546. The first-order valence-electron chi connectivity index (χ1n) is 4.91. The molecule has 0 saturated carbocycles. The Morgan fingerprint density at radius 3 is 2.67 bits per heavy atom. The van der Waals surface area contributed by atoms with E-state index in [9.17, 15) is 4.39 Å². The van der Waals surface area contributed by atoms with Crippen molar-refractivity contribution in [2.45, 2.75) is 6.42 Å². The molecule has 2 N–H and O–H groups in total. The van der Waals surface area contributed by atoms with Crippen LogP contribution in [0.1, 0.15) is 11.1 Å². The zero-order valence-electron chi connectivity index (χ0n) is 8.13. The molecule has 0 unspecified atom stereocenters. The van der Waals surface area contributed by atoms with Crippen LogP contribution in [0.15, 0.2) is 36.4 Å². The summed E-state index contributed by atoms with van der Waals surface area (Å²) in [5.41, 5.74) is 11.0. The van der Waals surface area contributed by atoms with E-state index < -0.39 is 0 Å². The van der Waals surface area contributed by atoms with Crippen LogP contribution in [-0.4, -0.2) is 0 Å². The number of hydrogen-bond acceptors (Lipinski definition) is 1. The molecule has 0 radical (unpaired) electrons. The number of nitrogen functional groups attached to an aromatic ring is 1. The Morgan fingerprint density at radius 2 is 1.80 bits per heavy atom. The van der Waals surface area contributed by atoms with Crippen molar-refractivity contribution in [2.24, 2.45) is 0 Å². The number of benzene rings is 2. The molecule has 0 atom stereocenters. The van der Waals surface area contributed by atoms with Crippen LogP contribution in [0.2, 0.25) is 0 Å². The molecule has 0 saturated heterocycles. The Labute approximate surface area is 87.4 Å². The lowest BCUT2D eigenvalue weighted by Crippen LogP contribution is -1.86. The first-order chi connectivity index (χ1) is 7.24. The predicted octanol–water partition coefficient (Wildman–Crippen LogP) is 2.98. The molecule has 0 spiro atoms. The van der Waals surface area contributed by atoms with Gasteiger partial charge in [0.25, 0.3) is 0 Å². The topological polar surface area (TPSA) is 26.0 Å². The third kappa shape index (κ3) is 1.22. The summed E-state index contributed by atoms with van der Waals surface area (Å²) in [4.78, 5) is 0. The van der Waals surface area contributed by atoms with Crippen LogP contribution < -0.4 is 5.73 Å². The fraction of sp³-hybridized carbons (Fsp3) is 0.0769. The van der Waals surface area contributed by atoms with Crippen LogP contribution in [0.4, 0.5) is 10.1 Å². The summed E-state index contributed by atoms with van der Waals surface area (Å²) < 4.78 is 13.0. The maximum Gasteiger partial charge on any atom is 0.123 e. The van der Waals surface area contributed by atoms with Gasteiger partial charge in [-0.3, -0.25) is 0 Å². The van der Waals surface area contributed by atoms with Gasteiger partial charge in [-0.25, -0.2) is 4.39 Å². The van der Waals surface area contributed by atoms with Crippen LogP contribution in [-0.2, 0) is 6.42 Å². The second kappa shape index (κ2) is 2.83. The number of rotatable bonds is 0. The normalized spacial score (nSPS) is 12.3. The lowest BCUT2D eigenvalue weighted by molar-refractivity contribution is 0.626. The molecule has 74 valence electrons. The maximum absolute atomic E-state index is 13.0. The highest BCUT2D eigenvalue weighted by atomic mass is 19.1. The van der Waals surface area contributed by atoms with Crippen molar-refractivity contribution in [3.8, 4) is 11.1 Å². The lowest BCUT2D eigenvalue weighted by atomic mass is 10.1. The molecule has 1 nitrogen and oxygen atoms in total. The molecule has 2 aromatic carbocycles. The number of fused-ring (bicyclic) bond motifs is 3. The average molecular weight is 199 g/mol. The first kappa shape index (κ1) is 8.48. The molecule has 0 amide bonds. The summed E-state index contributed by atoms with van der Waals surface area (Å²) in [6.07, 6.45) is 0.808. The van der Waals surface area contributed by atoms with Crippen molar-refractivity contribution in [3.05, 3.63) is 53.3 Å². The van der Waals surface area contributed by atoms with Gasteiger partial charge in [0.15, 0.2) is 0 Å². The fourth-order valence-corrected chi connectivity index (χ4v) is 2.18. The Kier molecular flexibility index (Phi) is 1.60. The third-order valence-corrected chi connectivity index (χ3v) is 2.87. The molecule has 3 rings (SSSR count). The zero-order chi connectivity index (χ0) is 10.4. The van der Waals surface area contributed by atoms with Gasteiger partial charge in [0.2, 0.25) is 0 Å². The SMILES string of the molecule is Nc1ccc2c(c1)-c1ccc(F)cc1C2. The highest BCUT2D eigenvalue weighted by molar-refractivity contribution is 5.78. The Balaban J connectivity index is 2.26. The largest absolute Gasteiger partial charge is 0.399 e. The molecule has 0 aromatic heterocycles. The second-order valence-electron chi connectivity index (χ2n) is 3.89. The molecular weight excluding hydrogens is 189 g/mol. The van der Waals surface area contributed by atoms with E-state index in [4.69, 9.17) is 5.73 Å². The average Bonchev–Trinajstić information content (AvgIpc) is 2.54. The number of hydrogen-bond donors (Lipinski definition) is 1. The van der Waals surface area contributed by atoms with Gasteiger partial charge in [-0.2, -0.15) is 0 Å². The maximum atomic E-state index is 13.0. The summed E-state index contributed by atoms with van der Waals surface area (Å²) in [6, 6.07) is 10.8. The first-order valence-corrected chi connectivity index (χ1v) is 4.91. The van der Waals surface area contributed by atoms with Crippen molar-refractivity contribution in [1.82, 2.24) is 0 Å². The van der Waals surface area contributed by atoms with Gasteiger partial charge in [0.05, 0.1) is 0 Å². The van der Waals surface area contributed by atoms with Gasteiger partial charge in [0.1, 0.15) is 5.82 Å². The van der Waals surface area contributed by atoms with Gasteiger partial charge in [-0.1, -0.05) is 12.1 Å². The molecular formula is C13H10FN. The van der Waals surface area contributed by atoms with Crippen LogP contribution in [0, 0.1) is 5.82 Å². The zero-order valence-corrected chi connectivity index (χ0v) is 8.13. The van der Waals surface area contributed by atoms with Crippen molar-refractivity contribution < 1.29 is 4.39 Å². The van der Waals surface area contributed by atoms with Crippen molar-refractivity contribution in [3.63, 3.8) is 0 Å². The Hall–Kier alpha value is -1.83. The molecule has 15 heavy (non-hydrogen) atoms.